The Hall–Kier alpha value is -0.510. The van der Waals surface area contributed by atoms with Gasteiger partial charge in [0.25, 0.3) is 0 Å². The highest BCUT2D eigenvalue weighted by Gasteiger charge is 2.43. The molecular weight excluding hydrogens is 268 g/mol. The molecule has 2 nitrogen and oxygen atoms in total. The summed E-state index contributed by atoms with van der Waals surface area (Å²) >= 11 is 1.77. The van der Waals surface area contributed by atoms with Gasteiger partial charge >= 0.3 is 0 Å². The lowest BCUT2D eigenvalue weighted by atomic mass is 9.71. The second-order valence-corrected chi connectivity index (χ2v) is 7.42. The lowest BCUT2D eigenvalue weighted by Crippen LogP contribution is -2.48. The second kappa shape index (κ2) is 6.08. The summed E-state index contributed by atoms with van der Waals surface area (Å²) in [7, 11) is 0. The molecule has 0 radical (unpaired) electrons. The standard InChI is InChI=1S/C17H24O2S/c1-13-3-5-15(6-4-13)20-12-16(18)14-7-10-19-17(11-14)8-2-9-17/h3-6,14,16,18H,2,7-12H2,1H3. The van der Waals surface area contributed by atoms with Gasteiger partial charge in [-0.3, -0.25) is 0 Å². The lowest BCUT2D eigenvalue weighted by Gasteiger charge is -2.48. The fourth-order valence-corrected chi connectivity index (χ4v) is 4.23. The number of aryl methyl sites for hydroxylation is 1. The molecule has 1 aromatic rings. The minimum Gasteiger partial charge on any atom is -0.392 e. The van der Waals surface area contributed by atoms with Gasteiger partial charge in [0, 0.05) is 17.3 Å². The third-order valence-electron chi connectivity index (χ3n) is 4.78. The smallest absolute Gasteiger partial charge is 0.0686 e. The van der Waals surface area contributed by atoms with Gasteiger partial charge in [0.05, 0.1) is 11.7 Å². The third kappa shape index (κ3) is 3.21. The summed E-state index contributed by atoms with van der Waals surface area (Å²) in [6, 6.07) is 8.55. The van der Waals surface area contributed by atoms with Gasteiger partial charge in [0.1, 0.15) is 0 Å². The number of aliphatic hydroxyl groups excluding tert-OH is 1. The molecule has 2 fully saturated rings. The summed E-state index contributed by atoms with van der Waals surface area (Å²) in [5.74, 6) is 1.21. The molecule has 1 aliphatic carbocycles. The van der Waals surface area contributed by atoms with Crippen LogP contribution in [0.1, 0.15) is 37.7 Å². The molecule has 20 heavy (non-hydrogen) atoms. The highest BCUT2D eigenvalue weighted by atomic mass is 32.2. The summed E-state index contributed by atoms with van der Waals surface area (Å²) in [5, 5.41) is 10.5. The normalized spacial score (nSPS) is 26.2. The predicted octanol–water partition coefficient (Wildman–Crippen LogP) is 3.80. The van der Waals surface area contributed by atoms with E-state index < -0.39 is 0 Å². The van der Waals surface area contributed by atoms with Crippen LogP contribution in [0.5, 0.6) is 0 Å². The Morgan fingerprint density at radius 3 is 2.75 bits per heavy atom. The summed E-state index contributed by atoms with van der Waals surface area (Å²) in [5.41, 5.74) is 1.42. The van der Waals surface area contributed by atoms with E-state index in [0.29, 0.717) is 5.92 Å². The highest BCUT2D eigenvalue weighted by molar-refractivity contribution is 7.99. The Labute approximate surface area is 125 Å². The van der Waals surface area contributed by atoms with E-state index in [2.05, 4.69) is 31.2 Å². The summed E-state index contributed by atoms with van der Waals surface area (Å²) < 4.78 is 5.94. The number of ether oxygens (including phenoxy) is 1. The van der Waals surface area contributed by atoms with Crippen molar-refractivity contribution in [3.05, 3.63) is 29.8 Å². The summed E-state index contributed by atoms with van der Waals surface area (Å²) in [6.45, 7) is 2.93. The molecule has 1 heterocycles. The van der Waals surface area contributed by atoms with Crippen molar-refractivity contribution in [2.24, 2.45) is 5.92 Å². The highest BCUT2D eigenvalue weighted by Crippen LogP contribution is 2.45. The van der Waals surface area contributed by atoms with Gasteiger partial charge < -0.3 is 9.84 Å². The predicted molar refractivity (Wildman–Crippen MR) is 83.2 cm³/mol. The zero-order valence-corrected chi connectivity index (χ0v) is 13.0. The molecule has 1 saturated heterocycles. The molecule has 1 aromatic carbocycles. The minimum absolute atomic E-state index is 0.137. The van der Waals surface area contributed by atoms with E-state index in [9.17, 15) is 5.11 Å². The maximum atomic E-state index is 10.5. The quantitative estimate of drug-likeness (QED) is 0.856. The van der Waals surface area contributed by atoms with Crippen LogP contribution in [0.4, 0.5) is 0 Å². The Morgan fingerprint density at radius 1 is 1.35 bits per heavy atom. The molecule has 1 aliphatic heterocycles. The minimum atomic E-state index is -0.206. The maximum Gasteiger partial charge on any atom is 0.0686 e. The summed E-state index contributed by atoms with van der Waals surface area (Å²) in [6.07, 6.45) is 5.55. The molecule has 1 N–H and O–H groups in total. The van der Waals surface area contributed by atoms with Crippen LogP contribution in [0.3, 0.4) is 0 Å². The van der Waals surface area contributed by atoms with E-state index in [-0.39, 0.29) is 11.7 Å². The lowest BCUT2D eigenvalue weighted by molar-refractivity contribution is -0.154. The second-order valence-electron chi connectivity index (χ2n) is 6.33. The van der Waals surface area contributed by atoms with Gasteiger partial charge in [-0.1, -0.05) is 17.7 Å². The van der Waals surface area contributed by atoms with Crippen LogP contribution in [0.25, 0.3) is 0 Å². The average molecular weight is 292 g/mol. The molecule has 0 aromatic heterocycles. The van der Waals surface area contributed by atoms with Crippen LogP contribution >= 0.6 is 11.8 Å². The van der Waals surface area contributed by atoms with E-state index >= 15 is 0 Å². The number of hydrogen-bond acceptors (Lipinski definition) is 3. The Kier molecular flexibility index (Phi) is 4.39. The maximum absolute atomic E-state index is 10.5. The van der Waals surface area contributed by atoms with E-state index in [1.54, 1.807) is 11.8 Å². The van der Waals surface area contributed by atoms with Crippen molar-refractivity contribution in [2.75, 3.05) is 12.4 Å². The number of thioether (sulfide) groups is 1. The molecule has 1 spiro atoms. The first-order valence-electron chi connectivity index (χ1n) is 7.68. The van der Waals surface area contributed by atoms with Crippen LogP contribution in [-0.4, -0.2) is 29.2 Å². The van der Waals surface area contributed by atoms with E-state index in [1.165, 1.54) is 29.7 Å². The van der Waals surface area contributed by atoms with Crippen LogP contribution in [0.15, 0.2) is 29.2 Å². The Morgan fingerprint density at radius 2 is 2.10 bits per heavy atom. The van der Waals surface area contributed by atoms with Crippen LogP contribution in [0, 0.1) is 12.8 Å². The van der Waals surface area contributed by atoms with Gasteiger partial charge in [0.2, 0.25) is 0 Å². The first kappa shape index (κ1) is 14.4. The van der Waals surface area contributed by atoms with Crippen molar-refractivity contribution in [1.29, 1.82) is 0 Å². The topological polar surface area (TPSA) is 29.5 Å². The van der Waals surface area contributed by atoms with Crippen molar-refractivity contribution >= 4 is 11.8 Å². The molecule has 2 unspecified atom stereocenters. The first-order chi connectivity index (χ1) is 9.67. The van der Waals surface area contributed by atoms with Crippen molar-refractivity contribution in [1.82, 2.24) is 0 Å². The average Bonchev–Trinajstić information content (AvgIpc) is 2.45. The van der Waals surface area contributed by atoms with Crippen molar-refractivity contribution in [2.45, 2.75) is 55.6 Å². The molecule has 1 saturated carbocycles. The SMILES string of the molecule is Cc1ccc(SCC(O)C2CCOC3(CCC3)C2)cc1. The van der Waals surface area contributed by atoms with Gasteiger partial charge in [-0.2, -0.15) is 0 Å². The van der Waals surface area contributed by atoms with Gasteiger partial charge in [-0.15, -0.1) is 11.8 Å². The van der Waals surface area contributed by atoms with E-state index in [1.807, 2.05) is 0 Å². The number of rotatable bonds is 4. The molecule has 2 aliphatic rings. The fourth-order valence-electron chi connectivity index (χ4n) is 3.27. The van der Waals surface area contributed by atoms with Gasteiger partial charge in [-0.05, 0) is 57.1 Å². The largest absolute Gasteiger partial charge is 0.392 e. The Balaban J connectivity index is 1.51. The first-order valence-corrected chi connectivity index (χ1v) is 8.67. The number of hydrogen-bond donors (Lipinski definition) is 1. The fraction of sp³-hybridized carbons (Fsp3) is 0.647. The van der Waals surface area contributed by atoms with Crippen molar-refractivity contribution in [3.8, 4) is 0 Å². The molecule has 0 bridgehead atoms. The van der Waals surface area contributed by atoms with Crippen LogP contribution in [-0.2, 0) is 4.74 Å². The zero-order valence-electron chi connectivity index (χ0n) is 12.2. The van der Waals surface area contributed by atoms with Crippen molar-refractivity contribution < 1.29 is 9.84 Å². The van der Waals surface area contributed by atoms with Crippen LogP contribution in [0.2, 0.25) is 0 Å². The molecule has 110 valence electrons. The van der Waals surface area contributed by atoms with E-state index in [0.717, 1.165) is 25.2 Å². The summed E-state index contributed by atoms with van der Waals surface area (Å²) in [4.78, 5) is 1.25. The monoisotopic (exact) mass is 292 g/mol. The third-order valence-corrected chi connectivity index (χ3v) is 5.90. The van der Waals surface area contributed by atoms with Gasteiger partial charge in [0.15, 0.2) is 0 Å². The molecule has 2 atom stereocenters. The molecule has 3 rings (SSSR count). The molecular formula is C17H24O2S. The number of aliphatic hydroxyl groups is 1. The Bertz CT molecular complexity index is 439. The van der Waals surface area contributed by atoms with E-state index in [4.69, 9.17) is 4.74 Å². The zero-order chi connectivity index (χ0) is 14.0. The molecule has 3 heteroatoms. The number of benzene rings is 1. The van der Waals surface area contributed by atoms with Crippen LogP contribution < -0.4 is 0 Å². The molecule has 0 amide bonds. The van der Waals surface area contributed by atoms with Crippen molar-refractivity contribution in [3.63, 3.8) is 0 Å². The van der Waals surface area contributed by atoms with Gasteiger partial charge in [-0.25, -0.2) is 0 Å².